The van der Waals surface area contributed by atoms with Crippen molar-refractivity contribution in [2.75, 3.05) is 7.11 Å². The molecule has 0 spiro atoms. The first-order valence-electron chi connectivity index (χ1n) is 7.02. The maximum absolute atomic E-state index is 12.4. The van der Waals surface area contributed by atoms with Crippen LogP contribution in [0.4, 0.5) is 0 Å². The van der Waals surface area contributed by atoms with E-state index in [1.54, 1.807) is 23.9 Å². The summed E-state index contributed by atoms with van der Waals surface area (Å²) in [5.74, 6) is 0.679. The van der Waals surface area contributed by atoms with Crippen molar-refractivity contribution >= 4 is 17.4 Å². The Labute approximate surface area is 129 Å². The molecule has 4 nitrogen and oxygen atoms in total. The molecule has 0 atom stereocenters. The zero-order valence-electron chi connectivity index (χ0n) is 12.5. The van der Waals surface area contributed by atoms with Gasteiger partial charge in [0.2, 0.25) is 0 Å². The molecule has 0 saturated heterocycles. The second kappa shape index (κ2) is 6.76. The summed E-state index contributed by atoms with van der Waals surface area (Å²) in [4.78, 5) is 12.4. The van der Waals surface area contributed by atoms with E-state index < -0.39 is 0 Å². The lowest BCUT2D eigenvalue weighted by atomic mass is 10.1. The van der Waals surface area contributed by atoms with E-state index in [2.05, 4.69) is 5.10 Å². The van der Waals surface area contributed by atoms with Gasteiger partial charge in [0.15, 0.2) is 5.78 Å². The first kappa shape index (κ1) is 15.6. The van der Waals surface area contributed by atoms with Crippen molar-refractivity contribution in [3.8, 4) is 5.75 Å². The summed E-state index contributed by atoms with van der Waals surface area (Å²) in [5.41, 5.74) is 2.24. The van der Waals surface area contributed by atoms with E-state index in [4.69, 9.17) is 16.3 Å². The lowest BCUT2D eigenvalue weighted by Gasteiger charge is -2.06. The number of ether oxygens (including phenoxy) is 1. The van der Waals surface area contributed by atoms with Crippen molar-refractivity contribution in [2.45, 2.75) is 33.2 Å². The van der Waals surface area contributed by atoms with Crippen molar-refractivity contribution in [1.82, 2.24) is 9.78 Å². The highest BCUT2D eigenvalue weighted by molar-refractivity contribution is 6.32. The molecule has 0 amide bonds. The van der Waals surface area contributed by atoms with Gasteiger partial charge in [0, 0.05) is 12.1 Å². The summed E-state index contributed by atoms with van der Waals surface area (Å²) in [6.45, 7) is 4.69. The quantitative estimate of drug-likeness (QED) is 0.767. The predicted molar refractivity (Wildman–Crippen MR) is 83.3 cm³/mol. The SMILES string of the molecule is CCc1nn(CC)c(CC(=O)c2cccc(OC)c2)c1Cl. The maximum Gasteiger partial charge on any atom is 0.168 e. The van der Waals surface area contributed by atoms with Crippen molar-refractivity contribution in [3.63, 3.8) is 0 Å². The molecule has 0 fully saturated rings. The first-order chi connectivity index (χ1) is 10.1. The van der Waals surface area contributed by atoms with Crippen LogP contribution in [-0.4, -0.2) is 22.7 Å². The molecule has 1 aromatic carbocycles. The third-order valence-electron chi connectivity index (χ3n) is 3.41. The topological polar surface area (TPSA) is 44.1 Å². The van der Waals surface area contributed by atoms with Crippen LogP contribution in [0.2, 0.25) is 5.02 Å². The van der Waals surface area contributed by atoms with Gasteiger partial charge < -0.3 is 4.74 Å². The van der Waals surface area contributed by atoms with Crippen molar-refractivity contribution in [2.24, 2.45) is 0 Å². The van der Waals surface area contributed by atoms with Crippen LogP contribution in [0.25, 0.3) is 0 Å². The maximum atomic E-state index is 12.4. The molecule has 112 valence electrons. The lowest BCUT2D eigenvalue weighted by molar-refractivity contribution is 0.0990. The normalized spacial score (nSPS) is 10.7. The number of hydrogen-bond acceptors (Lipinski definition) is 3. The number of benzene rings is 1. The molecule has 2 aromatic rings. The van der Waals surface area contributed by atoms with E-state index in [0.717, 1.165) is 17.8 Å². The molecule has 0 unspecified atom stereocenters. The minimum Gasteiger partial charge on any atom is -0.497 e. The third-order valence-corrected chi connectivity index (χ3v) is 3.85. The summed E-state index contributed by atoms with van der Waals surface area (Å²) >= 11 is 6.34. The van der Waals surface area contributed by atoms with Gasteiger partial charge in [-0.25, -0.2) is 0 Å². The van der Waals surface area contributed by atoms with Gasteiger partial charge in [0.1, 0.15) is 5.75 Å². The molecule has 0 aliphatic rings. The smallest absolute Gasteiger partial charge is 0.168 e. The number of methoxy groups -OCH3 is 1. The molecule has 0 bridgehead atoms. The van der Waals surface area contributed by atoms with Gasteiger partial charge in [0.25, 0.3) is 0 Å². The number of carbonyl (C=O) groups is 1. The minimum absolute atomic E-state index is 0.00746. The molecule has 0 N–H and O–H groups in total. The van der Waals surface area contributed by atoms with Gasteiger partial charge >= 0.3 is 0 Å². The minimum atomic E-state index is 0.00746. The summed E-state index contributed by atoms with van der Waals surface area (Å²) < 4.78 is 6.95. The standard InChI is InChI=1S/C16H19ClN2O2/c1-4-13-16(17)14(19(5-2)18-13)10-15(20)11-7-6-8-12(9-11)21-3/h6-9H,4-5,10H2,1-3H3. The van der Waals surface area contributed by atoms with Crippen molar-refractivity contribution in [1.29, 1.82) is 0 Å². The van der Waals surface area contributed by atoms with E-state index in [9.17, 15) is 4.79 Å². The monoisotopic (exact) mass is 306 g/mol. The number of nitrogens with zero attached hydrogens (tertiary/aromatic N) is 2. The van der Waals surface area contributed by atoms with Crippen LogP contribution in [-0.2, 0) is 19.4 Å². The number of halogens is 1. The Morgan fingerprint density at radius 3 is 2.76 bits per heavy atom. The van der Waals surface area contributed by atoms with E-state index >= 15 is 0 Å². The number of hydrogen-bond donors (Lipinski definition) is 0. The fraction of sp³-hybridized carbons (Fsp3) is 0.375. The summed E-state index contributed by atoms with van der Waals surface area (Å²) in [6.07, 6.45) is 0.999. The Morgan fingerprint density at radius 1 is 1.38 bits per heavy atom. The van der Waals surface area contributed by atoms with Gasteiger partial charge in [-0.1, -0.05) is 30.7 Å². The zero-order chi connectivity index (χ0) is 15.4. The zero-order valence-corrected chi connectivity index (χ0v) is 13.3. The van der Waals surface area contributed by atoms with Crippen LogP contribution < -0.4 is 4.74 Å². The highest BCUT2D eigenvalue weighted by Gasteiger charge is 2.18. The fourth-order valence-corrected chi connectivity index (χ4v) is 2.57. The Hall–Kier alpha value is -1.81. The number of rotatable bonds is 6. The van der Waals surface area contributed by atoms with Gasteiger partial charge in [-0.05, 0) is 25.5 Å². The number of ketones is 1. The molecular weight excluding hydrogens is 288 g/mol. The number of aromatic nitrogens is 2. The van der Waals surface area contributed by atoms with Crippen molar-refractivity contribution in [3.05, 3.63) is 46.2 Å². The Kier molecular flexibility index (Phi) is 5.02. The first-order valence-corrected chi connectivity index (χ1v) is 7.39. The number of aryl methyl sites for hydroxylation is 2. The fourth-order valence-electron chi connectivity index (χ4n) is 2.24. The number of Topliss-reactive ketones (excluding diaryl/α,β-unsaturated/α-hetero) is 1. The molecule has 21 heavy (non-hydrogen) atoms. The number of carbonyl (C=O) groups excluding carboxylic acids is 1. The molecule has 1 aromatic heterocycles. The van der Waals surface area contributed by atoms with Crippen LogP contribution in [0.1, 0.15) is 35.6 Å². The van der Waals surface area contributed by atoms with E-state index in [0.29, 0.717) is 22.9 Å². The van der Waals surface area contributed by atoms with E-state index in [-0.39, 0.29) is 12.2 Å². The molecule has 0 radical (unpaired) electrons. The molecular formula is C16H19ClN2O2. The Bertz CT molecular complexity index is 650. The second-order valence-corrected chi connectivity index (χ2v) is 5.09. The molecule has 1 heterocycles. The van der Waals surface area contributed by atoms with Gasteiger partial charge in [0.05, 0.1) is 29.9 Å². The van der Waals surface area contributed by atoms with Gasteiger partial charge in [-0.3, -0.25) is 9.48 Å². The van der Waals surface area contributed by atoms with Crippen molar-refractivity contribution < 1.29 is 9.53 Å². The van der Waals surface area contributed by atoms with Crippen LogP contribution in [0.5, 0.6) is 5.75 Å². The Morgan fingerprint density at radius 2 is 2.14 bits per heavy atom. The summed E-state index contributed by atoms with van der Waals surface area (Å²) in [6, 6.07) is 7.15. The largest absolute Gasteiger partial charge is 0.497 e. The molecule has 2 rings (SSSR count). The van der Waals surface area contributed by atoms with Crippen LogP contribution in [0.3, 0.4) is 0 Å². The molecule has 0 aliphatic heterocycles. The van der Waals surface area contributed by atoms with Crippen LogP contribution in [0.15, 0.2) is 24.3 Å². The molecule has 0 saturated carbocycles. The Balaban J connectivity index is 2.28. The molecule has 0 aliphatic carbocycles. The predicted octanol–water partition coefficient (Wildman–Crippen LogP) is 3.55. The van der Waals surface area contributed by atoms with Gasteiger partial charge in [-0.15, -0.1) is 0 Å². The average Bonchev–Trinajstić information content (AvgIpc) is 2.83. The van der Waals surface area contributed by atoms with Gasteiger partial charge in [-0.2, -0.15) is 5.10 Å². The van der Waals surface area contributed by atoms with E-state index in [1.165, 1.54) is 0 Å². The second-order valence-electron chi connectivity index (χ2n) is 4.71. The van der Waals surface area contributed by atoms with Crippen LogP contribution >= 0.6 is 11.6 Å². The highest BCUT2D eigenvalue weighted by atomic mass is 35.5. The summed E-state index contributed by atoms with van der Waals surface area (Å²) in [5, 5.41) is 5.04. The molecule has 5 heteroatoms. The lowest BCUT2D eigenvalue weighted by Crippen LogP contribution is -2.10. The summed E-state index contributed by atoms with van der Waals surface area (Å²) in [7, 11) is 1.58. The highest BCUT2D eigenvalue weighted by Crippen LogP contribution is 2.24. The van der Waals surface area contributed by atoms with E-state index in [1.807, 2.05) is 26.0 Å². The van der Waals surface area contributed by atoms with Crippen LogP contribution in [0, 0.1) is 0 Å². The average molecular weight is 307 g/mol. The third kappa shape index (κ3) is 3.27.